The molecule has 0 unspecified atom stereocenters. The summed E-state index contributed by atoms with van der Waals surface area (Å²) in [6.45, 7) is 4.48. The van der Waals surface area contributed by atoms with E-state index in [1.807, 2.05) is 60.7 Å². The largest absolute Gasteiger partial charge is 0.494 e. The first-order valence-electron chi connectivity index (χ1n) is 12.0. The van der Waals surface area contributed by atoms with Gasteiger partial charge in [0.05, 0.1) is 24.6 Å². The molecule has 0 bridgehead atoms. The summed E-state index contributed by atoms with van der Waals surface area (Å²) in [5, 5.41) is 0. The van der Waals surface area contributed by atoms with Gasteiger partial charge in [0.25, 0.3) is 0 Å². The number of unbranched alkanes of at least 4 members (excludes halogenated alkanes) is 3. The number of H-pyrrole nitrogens is 1. The van der Waals surface area contributed by atoms with E-state index in [9.17, 15) is 4.79 Å². The monoisotopic (exact) mass is 466 g/mol. The highest BCUT2D eigenvalue weighted by molar-refractivity contribution is 5.81. The van der Waals surface area contributed by atoms with Crippen molar-refractivity contribution in [2.24, 2.45) is 0 Å². The first-order chi connectivity index (χ1) is 17.2. The Bertz CT molecular complexity index is 1160. The Balaban J connectivity index is 1.36. The van der Waals surface area contributed by atoms with E-state index in [0.717, 1.165) is 65.3 Å². The molecule has 0 spiro atoms. The number of carbonyl (C=O) groups excluding carboxylic acids is 1. The molecule has 0 atom stereocenters. The predicted octanol–water partition coefficient (Wildman–Crippen LogP) is 7.08. The normalized spacial score (nSPS) is 10.6. The van der Waals surface area contributed by atoms with Crippen LogP contribution in [-0.4, -0.2) is 29.2 Å². The van der Waals surface area contributed by atoms with Gasteiger partial charge in [0.2, 0.25) is 0 Å². The van der Waals surface area contributed by atoms with Crippen molar-refractivity contribution < 1.29 is 14.3 Å². The molecule has 1 N–H and O–H groups in total. The Morgan fingerprint density at radius 1 is 0.771 bits per heavy atom. The molecule has 1 aromatic heterocycles. The zero-order chi connectivity index (χ0) is 24.3. The third-order valence-electron chi connectivity index (χ3n) is 5.66. The number of imidazole rings is 1. The number of ether oxygens (including phenoxy) is 2. The van der Waals surface area contributed by atoms with Crippen LogP contribution in [-0.2, 0) is 9.53 Å². The maximum Gasteiger partial charge on any atom is 0.330 e. The summed E-state index contributed by atoms with van der Waals surface area (Å²) in [7, 11) is 0. The first-order valence-corrected chi connectivity index (χ1v) is 12.0. The predicted molar refractivity (Wildman–Crippen MR) is 140 cm³/mol. The van der Waals surface area contributed by atoms with Gasteiger partial charge in [0, 0.05) is 22.8 Å². The van der Waals surface area contributed by atoms with Crippen molar-refractivity contribution in [2.45, 2.75) is 25.7 Å². The van der Waals surface area contributed by atoms with Crippen LogP contribution in [0.4, 0.5) is 0 Å². The molecule has 0 amide bonds. The van der Waals surface area contributed by atoms with Crippen LogP contribution in [0.15, 0.2) is 97.6 Å². The molecule has 0 saturated carbocycles. The lowest BCUT2D eigenvalue weighted by atomic mass is 10.1. The molecular formula is C30H30N2O3. The summed E-state index contributed by atoms with van der Waals surface area (Å²) in [5.41, 5.74) is 5.13. The Hall–Kier alpha value is -4.12. The molecule has 5 nitrogen and oxygen atoms in total. The van der Waals surface area contributed by atoms with Crippen LogP contribution >= 0.6 is 0 Å². The van der Waals surface area contributed by atoms with Crippen LogP contribution in [0.1, 0.15) is 25.7 Å². The van der Waals surface area contributed by atoms with Gasteiger partial charge >= 0.3 is 5.97 Å². The van der Waals surface area contributed by atoms with Crippen molar-refractivity contribution in [3.05, 3.63) is 97.6 Å². The minimum absolute atomic E-state index is 0.362. The fourth-order valence-corrected chi connectivity index (χ4v) is 3.82. The maximum absolute atomic E-state index is 11.0. The second-order valence-corrected chi connectivity index (χ2v) is 8.20. The van der Waals surface area contributed by atoms with Gasteiger partial charge in [-0.15, -0.1) is 0 Å². The van der Waals surface area contributed by atoms with Crippen molar-refractivity contribution >= 4 is 5.97 Å². The molecular weight excluding hydrogens is 436 g/mol. The number of rotatable bonds is 12. The molecule has 0 aliphatic rings. The van der Waals surface area contributed by atoms with E-state index in [2.05, 4.69) is 35.8 Å². The average Bonchev–Trinajstić information content (AvgIpc) is 3.37. The zero-order valence-electron chi connectivity index (χ0n) is 19.8. The lowest BCUT2D eigenvalue weighted by molar-refractivity contribution is -0.137. The van der Waals surface area contributed by atoms with E-state index < -0.39 is 0 Å². The Labute approximate surface area is 206 Å². The van der Waals surface area contributed by atoms with Crippen molar-refractivity contribution in [1.29, 1.82) is 0 Å². The van der Waals surface area contributed by atoms with Crippen LogP contribution in [0.2, 0.25) is 0 Å². The van der Waals surface area contributed by atoms with Crippen LogP contribution < -0.4 is 4.74 Å². The molecule has 4 rings (SSSR count). The molecule has 5 heteroatoms. The topological polar surface area (TPSA) is 64.2 Å². The molecule has 0 fully saturated rings. The summed E-state index contributed by atoms with van der Waals surface area (Å²) in [4.78, 5) is 19.5. The third kappa shape index (κ3) is 6.70. The number of hydrogen-bond acceptors (Lipinski definition) is 4. The van der Waals surface area contributed by atoms with Gasteiger partial charge in [-0.2, -0.15) is 0 Å². The van der Waals surface area contributed by atoms with Crippen molar-refractivity contribution in [3.63, 3.8) is 0 Å². The van der Waals surface area contributed by atoms with Crippen LogP contribution in [0.5, 0.6) is 5.75 Å². The van der Waals surface area contributed by atoms with E-state index in [1.54, 1.807) is 0 Å². The van der Waals surface area contributed by atoms with E-state index in [1.165, 1.54) is 6.08 Å². The van der Waals surface area contributed by atoms with Crippen molar-refractivity contribution in [3.8, 4) is 39.7 Å². The number of aromatic nitrogens is 2. The molecule has 3 aromatic carbocycles. The SMILES string of the molecule is C=CC(=O)OCCCCCCOc1ccc(-c2nc(-c3ccccc3)c(-c3ccccc3)[nH]2)cc1. The van der Waals surface area contributed by atoms with Crippen LogP contribution in [0.25, 0.3) is 33.9 Å². The van der Waals surface area contributed by atoms with E-state index >= 15 is 0 Å². The highest BCUT2D eigenvalue weighted by Crippen LogP contribution is 2.33. The summed E-state index contributed by atoms with van der Waals surface area (Å²) in [6.07, 6.45) is 5.03. The number of aromatic amines is 1. The fraction of sp³-hybridized carbons (Fsp3) is 0.200. The smallest absolute Gasteiger partial charge is 0.330 e. The summed E-state index contributed by atoms with van der Waals surface area (Å²) in [6, 6.07) is 28.5. The van der Waals surface area contributed by atoms with Crippen molar-refractivity contribution in [1.82, 2.24) is 9.97 Å². The second-order valence-electron chi connectivity index (χ2n) is 8.20. The Kier molecular flexibility index (Phi) is 8.49. The van der Waals surface area contributed by atoms with Gasteiger partial charge < -0.3 is 14.5 Å². The number of carbonyl (C=O) groups is 1. The lowest BCUT2D eigenvalue weighted by Gasteiger charge is -2.07. The van der Waals surface area contributed by atoms with E-state index in [4.69, 9.17) is 14.5 Å². The van der Waals surface area contributed by atoms with Gasteiger partial charge in [-0.1, -0.05) is 67.2 Å². The number of esters is 1. The molecule has 35 heavy (non-hydrogen) atoms. The zero-order valence-corrected chi connectivity index (χ0v) is 19.8. The fourth-order valence-electron chi connectivity index (χ4n) is 3.82. The average molecular weight is 467 g/mol. The van der Waals surface area contributed by atoms with Crippen LogP contribution in [0, 0.1) is 0 Å². The maximum atomic E-state index is 11.0. The summed E-state index contributed by atoms with van der Waals surface area (Å²) in [5.74, 6) is 1.30. The molecule has 0 aliphatic heterocycles. The molecule has 0 aliphatic carbocycles. The highest BCUT2D eigenvalue weighted by atomic mass is 16.5. The molecule has 1 heterocycles. The molecule has 178 valence electrons. The highest BCUT2D eigenvalue weighted by Gasteiger charge is 2.15. The minimum Gasteiger partial charge on any atom is -0.494 e. The quantitative estimate of drug-likeness (QED) is 0.138. The number of nitrogens with zero attached hydrogens (tertiary/aromatic N) is 1. The van der Waals surface area contributed by atoms with Gasteiger partial charge in [-0.05, 0) is 49.9 Å². The van der Waals surface area contributed by atoms with Gasteiger partial charge in [0.15, 0.2) is 0 Å². The number of benzene rings is 3. The minimum atomic E-state index is -0.362. The van der Waals surface area contributed by atoms with Gasteiger partial charge in [0.1, 0.15) is 11.6 Å². The summed E-state index contributed by atoms with van der Waals surface area (Å²) >= 11 is 0. The first kappa shape index (κ1) is 24.0. The summed E-state index contributed by atoms with van der Waals surface area (Å²) < 4.78 is 10.9. The molecule has 0 radical (unpaired) electrons. The van der Waals surface area contributed by atoms with Gasteiger partial charge in [-0.25, -0.2) is 9.78 Å². The number of hydrogen-bond donors (Lipinski definition) is 1. The van der Waals surface area contributed by atoms with Gasteiger partial charge in [-0.3, -0.25) is 0 Å². The van der Waals surface area contributed by atoms with Crippen LogP contribution in [0.3, 0.4) is 0 Å². The third-order valence-corrected chi connectivity index (χ3v) is 5.66. The number of nitrogens with one attached hydrogen (secondary N) is 1. The molecule has 4 aromatic rings. The van der Waals surface area contributed by atoms with E-state index in [0.29, 0.717) is 13.2 Å². The van der Waals surface area contributed by atoms with Crippen molar-refractivity contribution in [2.75, 3.05) is 13.2 Å². The Morgan fingerprint density at radius 3 is 2.06 bits per heavy atom. The molecule has 0 saturated heterocycles. The lowest BCUT2D eigenvalue weighted by Crippen LogP contribution is -2.02. The van der Waals surface area contributed by atoms with E-state index in [-0.39, 0.29) is 5.97 Å². The standard InChI is InChI=1S/C30H30N2O3/c1-2-27(33)35-22-12-4-3-11-21-34-26-19-17-25(18-20-26)30-31-28(23-13-7-5-8-14-23)29(32-30)24-15-9-6-10-16-24/h2,5-10,13-20H,1,3-4,11-12,21-22H2,(H,31,32). The second kappa shape index (κ2) is 12.4. The Morgan fingerprint density at radius 2 is 1.40 bits per heavy atom.